The first kappa shape index (κ1) is 19.8. The molecule has 2 amide bonds. The van der Waals surface area contributed by atoms with Crippen molar-refractivity contribution in [1.29, 1.82) is 0 Å². The zero-order valence-corrected chi connectivity index (χ0v) is 15.5. The Morgan fingerprint density at radius 1 is 0.962 bits per heavy atom. The van der Waals surface area contributed by atoms with Crippen LogP contribution in [0.1, 0.15) is 18.1 Å². The normalized spacial score (nSPS) is 10.2. The third-order valence-corrected chi connectivity index (χ3v) is 4.01. The minimum absolute atomic E-state index is 0.0459. The number of rotatable bonds is 9. The second-order valence-electron chi connectivity index (χ2n) is 5.75. The summed E-state index contributed by atoms with van der Waals surface area (Å²) in [7, 11) is 0. The SMILES string of the molecule is CCc1ccccc1OCC(=O)NCCNC(=O)Cc1ccc(Cl)cc1. The quantitative estimate of drug-likeness (QED) is 0.663. The van der Waals surface area contributed by atoms with Crippen LogP contribution < -0.4 is 15.4 Å². The van der Waals surface area contributed by atoms with Crippen LogP contribution in [0.25, 0.3) is 0 Å². The van der Waals surface area contributed by atoms with E-state index in [1.54, 1.807) is 12.1 Å². The lowest BCUT2D eigenvalue weighted by atomic mass is 10.1. The van der Waals surface area contributed by atoms with E-state index in [1.165, 1.54) is 0 Å². The van der Waals surface area contributed by atoms with Gasteiger partial charge in [-0.1, -0.05) is 48.9 Å². The van der Waals surface area contributed by atoms with Crippen molar-refractivity contribution >= 4 is 23.4 Å². The summed E-state index contributed by atoms with van der Waals surface area (Å²) in [6.07, 6.45) is 1.12. The van der Waals surface area contributed by atoms with Crippen molar-refractivity contribution in [2.45, 2.75) is 19.8 Å². The zero-order valence-electron chi connectivity index (χ0n) is 14.8. The molecule has 2 rings (SSSR count). The Morgan fingerprint density at radius 3 is 2.31 bits per heavy atom. The number of carbonyl (C=O) groups is 2. The first-order valence-corrected chi connectivity index (χ1v) is 8.95. The molecular weight excluding hydrogens is 352 g/mol. The Kier molecular flexibility index (Phi) is 7.96. The van der Waals surface area contributed by atoms with Gasteiger partial charge in [0.2, 0.25) is 5.91 Å². The molecule has 2 aromatic rings. The van der Waals surface area contributed by atoms with Gasteiger partial charge in [0.15, 0.2) is 6.61 Å². The van der Waals surface area contributed by atoms with Crippen molar-refractivity contribution in [2.75, 3.05) is 19.7 Å². The van der Waals surface area contributed by atoms with E-state index >= 15 is 0 Å². The lowest BCUT2D eigenvalue weighted by Gasteiger charge is -2.11. The molecule has 5 nitrogen and oxygen atoms in total. The number of para-hydroxylation sites is 1. The highest BCUT2D eigenvalue weighted by molar-refractivity contribution is 6.30. The monoisotopic (exact) mass is 374 g/mol. The fourth-order valence-electron chi connectivity index (χ4n) is 2.39. The van der Waals surface area contributed by atoms with E-state index in [2.05, 4.69) is 10.6 Å². The molecule has 0 aliphatic carbocycles. The predicted octanol–water partition coefficient (Wildman–Crippen LogP) is 2.76. The second kappa shape index (κ2) is 10.5. The van der Waals surface area contributed by atoms with Gasteiger partial charge < -0.3 is 15.4 Å². The predicted molar refractivity (Wildman–Crippen MR) is 102 cm³/mol. The molecule has 0 fully saturated rings. The average Bonchev–Trinajstić information content (AvgIpc) is 2.65. The van der Waals surface area contributed by atoms with Crippen molar-refractivity contribution < 1.29 is 14.3 Å². The van der Waals surface area contributed by atoms with Gasteiger partial charge in [0.05, 0.1) is 6.42 Å². The van der Waals surface area contributed by atoms with Crippen LogP contribution in [-0.4, -0.2) is 31.5 Å². The molecule has 26 heavy (non-hydrogen) atoms. The fraction of sp³-hybridized carbons (Fsp3) is 0.300. The first-order valence-electron chi connectivity index (χ1n) is 8.57. The van der Waals surface area contributed by atoms with E-state index in [4.69, 9.17) is 16.3 Å². The lowest BCUT2D eigenvalue weighted by molar-refractivity contribution is -0.124. The van der Waals surface area contributed by atoms with Crippen LogP contribution in [-0.2, 0) is 22.4 Å². The van der Waals surface area contributed by atoms with E-state index in [0.29, 0.717) is 18.1 Å². The van der Waals surface area contributed by atoms with Gasteiger partial charge in [0.1, 0.15) is 5.75 Å². The third-order valence-electron chi connectivity index (χ3n) is 3.76. The maximum Gasteiger partial charge on any atom is 0.258 e. The molecule has 0 bridgehead atoms. The van der Waals surface area contributed by atoms with Crippen molar-refractivity contribution in [3.05, 3.63) is 64.7 Å². The molecule has 0 aromatic heterocycles. The van der Waals surface area contributed by atoms with Gasteiger partial charge in [-0.2, -0.15) is 0 Å². The van der Waals surface area contributed by atoms with Crippen LogP contribution in [0.3, 0.4) is 0 Å². The van der Waals surface area contributed by atoms with E-state index in [9.17, 15) is 9.59 Å². The Morgan fingerprint density at radius 2 is 1.62 bits per heavy atom. The standard InChI is InChI=1S/C20H23ClN2O3/c1-2-16-5-3-4-6-18(16)26-14-20(25)23-12-11-22-19(24)13-15-7-9-17(21)10-8-15/h3-10H,2,11-14H2,1H3,(H,22,24)(H,23,25). The van der Waals surface area contributed by atoms with Crippen LogP contribution in [0.5, 0.6) is 5.75 Å². The lowest BCUT2D eigenvalue weighted by Crippen LogP contribution is -2.37. The highest BCUT2D eigenvalue weighted by Gasteiger charge is 2.06. The first-order chi connectivity index (χ1) is 12.6. The van der Waals surface area contributed by atoms with E-state index < -0.39 is 0 Å². The Bertz CT molecular complexity index is 732. The average molecular weight is 375 g/mol. The Balaban J connectivity index is 1.62. The van der Waals surface area contributed by atoms with Crippen LogP contribution in [0.2, 0.25) is 5.02 Å². The number of halogens is 1. The van der Waals surface area contributed by atoms with E-state index in [1.807, 2.05) is 43.3 Å². The minimum Gasteiger partial charge on any atom is -0.483 e. The number of benzene rings is 2. The van der Waals surface area contributed by atoms with Crippen LogP contribution in [0, 0.1) is 0 Å². The topological polar surface area (TPSA) is 67.4 Å². The zero-order chi connectivity index (χ0) is 18.8. The second-order valence-corrected chi connectivity index (χ2v) is 6.19. The molecule has 0 saturated carbocycles. The molecule has 0 unspecified atom stereocenters. The summed E-state index contributed by atoms with van der Waals surface area (Å²) in [5.41, 5.74) is 1.95. The summed E-state index contributed by atoms with van der Waals surface area (Å²) in [4.78, 5) is 23.7. The van der Waals surface area contributed by atoms with Crippen molar-refractivity contribution in [3.63, 3.8) is 0 Å². The summed E-state index contributed by atoms with van der Waals surface area (Å²) in [5.74, 6) is 0.402. The third kappa shape index (κ3) is 6.76. The van der Waals surface area contributed by atoms with Gasteiger partial charge in [-0.3, -0.25) is 9.59 Å². The van der Waals surface area contributed by atoms with Gasteiger partial charge in [0, 0.05) is 18.1 Å². The number of carbonyl (C=O) groups excluding carboxylic acids is 2. The number of nitrogens with one attached hydrogen (secondary N) is 2. The Labute approximate surface area is 158 Å². The van der Waals surface area contributed by atoms with Crippen LogP contribution in [0.4, 0.5) is 0 Å². The number of hydrogen-bond acceptors (Lipinski definition) is 3. The van der Waals surface area contributed by atoms with Crippen molar-refractivity contribution in [2.24, 2.45) is 0 Å². The summed E-state index contributed by atoms with van der Waals surface area (Å²) in [6, 6.07) is 14.8. The molecule has 0 heterocycles. The van der Waals surface area contributed by atoms with Gasteiger partial charge in [-0.25, -0.2) is 0 Å². The highest BCUT2D eigenvalue weighted by Crippen LogP contribution is 2.17. The van der Waals surface area contributed by atoms with Gasteiger partial charge in [-0.05, 0) is 35.7 Å². The largest absolute Gasteiger partial charge is 0.483 e. The number of aryl methyl sites for hydroxylation is 1. The van der Waals surface area contributed by atoms with Gasteiger partial charge >= 0.3 is 0 Å². The van der Waals surface area contributed by atoms with Gasteiger partial charge in [-0.15, -0.1) is 0 Å². The molecule has 138 valence electrons. The summed E-state index contributed by atoms with van der Waals surface area (Å²) in [5, 5.41) is 6.13. The van der Waals surface area contributed by atoms with Crippen LogP contribution >= 0.6 is 11.6 Å². The molecule has 0 saturated heterocycles. The molecule has 0 spiro atoms. The van der Waals surface area contributed by atoms with Gasteiger partial charge in [0.25, 0.3) is 5.91 Å². The maximum absolute atomic E-state index is 11.8. The number of amides is 2. The molecular formula is C20H23ClN2O3. The number of ether oxygens (including phenoxy) is 1. The van der Waals surface area contributed by atoms with Crippen LogP contribution in [0.15, 0.2) is 48.5 Å². The molecule has 0 aliphatic heterocycles. The summed E-state index contributed by atoms with van der Waals surface area (Å²) in [6.45, 7) is 2.71. The number of hydrogen-bond donors (Lipinski definition) is 2. The minimum atomic E-state index is -0.220. The van der Waals surface area contributed by atoms with Crippen molar-refractivity contribution in [3.8, 4) is 5.75 Å². The van der Waals surface area contributed by atoms with E-state index in [0.717, 1.165) is 23.3 Å². The molecule has 0 atom stereocenters. The molecule has 0 radical (unpaired) electrons. The Hall–Kier alpha value is -2.53. The summed E-state index contributed by atoms with van der Waals surface area (Å²) < 4.78 is 5.55. The maximum atomic E-state index is 11.8. The molecule has 2 N–H and O–H groups in total. The highest BCUT2D eigenvalue weighted by atomic mass is 35.5. The smallest absolute Gasteiger partial charge is 0.258 e. The molecule has 0 aliphatic rings. The van der Waals surface area contributed by atoms with Crippen molar-refractivity contribution in [1.82, 2.24) is 10.6 Å². The molecule has 6 heteroatoms. The summed E-state index contributed by atoms with van der Waals surface area (Å²) >= 11 is 5.81. The fourth-order valence-corrected chi connectivity index (χ4v) is 2.51. The van der Waals surface area contributed by atoms with E-state index in [-0.39, 0.29) is 24.8 Å². The molecule has 2 aromatic carbocycles.